The molecule has 34 heavy (non-hydrogen) atoms. The first-order valence-corrected chi connectivity index (χ1v) is 12.3. The van der Waals surface area contributed by atoms with Gasteiger partial charge >= 0.3 is 0 Å². The minimum atomic E-state index is -0.506. The van der Waals surface area contributed by atoms with Crippen LogP contribution in [0.4, 0.5) is 5.69 Å². The molecule has 0 unspecified atom stereocenters. The Hall–Kier alpha value is -2.79. The Morgan fingerprint density at radius 1 is 1.09 bits per heavy atom. The highest BCUT2D eigenvalue weighted by Crippen LogP contribution is 2.36. The average molecular weight is 605 g/mol. The SMILES string of the molecule is CCOc1cc(/C=C(\C#N)C(=O)Nc2ccc(Br)c(C)c2)c(Br)cc1OCc1ccccc1Cl. The molecular weight excluding hydrogens is 584 g/mol. The number of carbonyl (C=O) groups is 1. The lowest BCUT2D eigenvalue weighted by Gasteiger charge is -2.15. The Labute approximate surface area is 220 Å². The summed E-state index contributed by atoms with van der Waals surface area (Å²) in [6.07, 6.45) is 1.51. The predicted molar refractivity (Wildman–Crippen MR) is 142 cm³/mol. The summed E-state index contributed by atoms with van der Waals surface area (Å²) < 4.78 is 13.3. The molecule has 8 heteroatoms. The summed E-state index contributed by atoms with van der Waals surface area (Å²) in [5, 5.41) is 13.0. The van der Waals surface area contributed by atoms with Crippen molar-refractivity contribution >= 4 is 61.1 Å². The van der Waals surface area contributed by atoms with Crippen molar-refractivity contribution < 1.29 is 14.3 Å². The topological polar surface area (TPSA) is 71.3 Å². The molecule has 174 valence electrons. The molecule has 0 saturated carbocycles. The molecule has 0 atom stereocenters. The van der Waals surface area contributed by atoms with E-state index < -0.39 is 5.91 Å². The molecule has 0 radical (unpaired) electrons. The van der Waals surface area contributed by atoms with Crippen molar-refractivity contribution in [1.29, 1.82) is 5.26 Å². The first-order chi connectivity index (χ1) is 16.3. The summed E-state index contributed by atoms with van der Waals surface area (Å²) in [7, 11) is 0. The van der Waals surface area contributed by atoms with Crippen LogP contribution < -0.4 is 14.8 Å². The number of carbonyl (C=O) groups excluding carboxylic acids is 1. The number of benzene rings is 3. The number of hydrogen-bond donors (Lipinski definition) is 1. The third-order valence-electron chi connectivity index (χ3n) is 4.78. The van der Waals surface area contributed by atoms with Crippen molar-refractivity contribution in [2.24, 2.45) is 0 Å². The highest BCUT2D eigenvalue weighted by atomic mass is 79.9. The predicted octanol–water partition coefficient (Wildman–Crippen LogP) is 7.70. The monoisotopic (exact) mass is 602 g/mol. The smallest absolute Gasteiger partial charge is 0.266 e. The van der Waals surface area contributed by atoms with Gasteiger partial charge in [0, 0.05) is 25.2 Å². The fraction of sp³-hybridized carbons (Fsp3) is 0.154. The number of halogens is 3. The maximum atomic E-state index is 12.7. The average Bonchev–Trinajstić information content (AvgIpc) is 2.81. The Balaban J connectivity index is 1.86. The molecule has 3 aromatic rings. The summed E-state index contributed by atoms with van der Waals surface area (Å²) in [6.45, 7) is 4.47. The lowest BCUT2D eigenvalue weighted by molar-refractivity contribution is -0.112. The van der Waals surface area contributed by atoms with Gasteiger partial charge in [-0.25, -0.2) is 0 Å². The van der Waals surface area contributed by atoms with E-state index in [9.17, 15) is 10.1 Å². The summed E-state index contributed by atoms with van der Waals surface area (Å²) in [4.78, 5) is 12.7. The van der Waals surface area contributed by atoms with Crippen LogP contribution in [0.3, 0.4) is 0 Å². The minimum Gasteiger partial charge on any atom is -0.490 e. The van der Waals surface area contributed by atoms with Crippen molar-refractivity contribution in [3.63, 3.8) is 0 Å². The molecule has 0 aliphatic carbocycles. The Morgan fingerprint density at radius 2 is 1.82 bits per heavy atom. The molecule has 0 heterocycles. The number of nitrogens with one attached hydrogen (secondary N) is 1. The zero-order valence-electron chi connectivity index (χ0n) is 18.5. The number of nitriles is 1. The van der Waals surface area contributed by atoms with E-state index in [1.807, 2.05) is 50.2 Å². The van der Waals surface area contributed by atoms with Gasteiger partial charge in [-0.05, 0) is 67.4 Å². The number of hydrogen-bond acceptors (Lipinski definition) is 4. The highest BCUT2D eigenvalue weighted by molar-refractivity contribution is 9.10. The van der Waals surface area contributed by atoms with E-state index in [4.69, 9.17) is 21.1 Å². The molecule has 0 saturated heterocycles. The molecule has 0 aliphatic rings. The largest absolute Gasteiger partial charge is 0.490 e. The van der Waals surface area contributed by atoms with Crippen molar-refractivity contribution in [2.45, 2.75) is 20.5 Å². The normalized spacial score (nSPS) is 11.0. The van der Waals surface area contributed by atoms with Gasteiger partial charge in [0.15, 0.2) is 11.5 Å². The maximum absolute atomic E-state index is 12.7. The van der Waals surface area contributed by atoms with Gasteiger partial charge in [0.2, 0.25) is 0 Å². The highest BCUT2D eigenvalue weighted by Gasteiger charge is 2.15. The standard InChI is InChI=1S/C26H21Br2ClN2O3/c1-3-33-24-12-18(22(28)13-25(24)34-15-17-6-4-5-7-23(17)29)11-19(14-30)26(32)31-20-8-9-21(27)16(2)10-20/h4-13H,3,15H2,1-2H3,(H,31,32)/b19-11+. The molecule has 0 aliphatic heterocycles. The third-order valence-corrected chi connectivity index (χ3v) is 6.73. The Bertz CT molecular complexity index is 1290. The third kappa shape index (κ3) is 6.63. The van der Waals surface area contributed by atoms with Gasteiger partial charge in [-0.1, -0.05) is 61.7 Å². The van der Waals surface area contributed by atoms with E-state index in [1.165, 1.54) is 6.08 Å². The van der Waals surface area contributed by atoms with Gasteiger partial charge in [0.05, 0.1) is 6.61 Å². The second-order valence-electron chi connectivity index (χ2n) is 7.22. The summed E-state index contributed by atoms with van der Waals surface area (Å²) in [5.74, 6) is 0.498. The number of ether oxygens (including phenoxy) is 2. The Morgan fingerprint density at radius 3 is 2.50 bits per heavy atom. The molecule has 5 nitrogen and oxygen atoms in total. The number of amides is 1. The van der Waals surface area contributed by atoms with Crippen LogP contribution in [0.1, 0.15) is 23.6 Å². The quantitative estimate of drug-likeness (QED) is 0.211. The second-order valence-corrected chi connectivity index (χ2v) is 9.34. The van der Waals surface area contributed by atoms with Crippen LogP contribution >= 0.6 is 43.5 Å². The molecule has 3 rings (SSSR count). The van der Waals surface area contributed by atoms with E-state index >= 15 is 0 Å². The van der Waals surface area contributed by atoms with Crippen LogP contribution in [0, 0.1) is 18.3 Å². The zero-order valence-corrected chi connectivity index (χ0v) is 22.4. The maximum Gasteiger partial charge on any atom is 0.266 e. The number of aryl methyl sites for hydroxylation is 1. The van der Waals surface area contributed by atoms with Crippen molar-refractivity contribution in [3.05, 3.63) is 90.8 Å². The minimum absolute atomic E-state index is 0.0477. The van der Waals surface area contributed by atoms with Gasteiger partial charge < -0.3 is 14.8 Å². The lowest BCUT2D eigenvalue weighted by Crippen LogP contribution is -2.13. The molecule has 0 fully saturated rings. The molecule has 1 amide bonds. The van der Waals surface area contributed by atoms with Gasteiger partial charge in [-0.3, -0.25) is 4.79 Å². The first kappa shape index (κ1) is 25.8. The summed E-state index contributed by atoms with van der Waals surface area (Å²) >= 11 is 13.2. The molecule has 0 aromatic heterocycles. The van der Waals surface area contributed by atoms with Crippen molar-refractivity contribution in [1.82, 2.24) is 0 Å². The molecule has 0 spiro atoms. The van der Waals surface area contributed by atoms with E-state index in [0.29, 0.717) is 38.9 Å². The molecule has 3 aromatic carbocycles. The van der Waals surface area contributed by atoms with Crippen LogP contribution in [0.5, 0.6) is 11.5 Å². The van der Waals surface area contributed by atoms with E-state index in [-0.39, 0.29) is 12.2 Å². The number of rotatable bonds is 8. The van der Waals surface area contributed by atoms with E-state index in [2.05, 4.69) is 37.2 Å². The van der Waals surface area contributed by atoms with Crippen LogP contribution in [0.25, 0.3) is 6.08 Å². The van der Waals surface area contributed by atoms with Gasteiger partial charge in [-0.15, -0.1) is 0 Å². The molecule has 1 N–H and O–H groups in total. The summed E-state index contributed by atoms with van der Waals surface area (Å²) in [5.41, 5.74) is 2.97. The summed E-state index contributed by atoms with van der Waals surface area (Å²) in [6, 6.07) is 18.3. The number of anilines is 1. The van der Waals surface area contributed by atoms with Crippen molar-refractivity contribution in [3.8, 4) is 17.6 Å². The van der Waals surface area contributed by atoms with Crippen LogP contribution in [-0.4, -0.2) is 12.5 Å². The van der Waals surface area contributed by atoms with Crippen LogP contribution in [0.2, 0.25) is 5.02 Å². The fourth-order valence-corrected chi connectivity index (χ4v) is 3.91. The van der Waals surface area contributed by atoms with Gasteiger partial charge in [-0.2, -0.15) is 5.26 Å². The van der Waals surface area contributed by atoms with Gasteiger partial charge in [0.25, 0.3) is 5.91 Å². The fourth-order valence-electron chi connectivity index (χ4n) is 3.04. The first-order valence-electron chi connectivity index (χ1n) is 10.3. The molecule has 0 bridgehead atoms. The molecular formula is C26H21Br2ClN2O3. The lowest BCUT2D eigenvalue weighted by atomic mass is 10.1. The number of nitrogens with zero attached hydrogens (tertiary/aromatic N) is 1. The van der Waals surface area contributed by atoms with E-state index in [1.54, 1.807) is 24.3 Å². The van der Waals surface area contributed by atoms with Crippen LogP contribution in [-0.2, 0) is 11.4 Å². The van der Waals surface area contributed by atoms with Gasteiger partial charge in [0.1, 0.15) is 18.2 Å². The van der Waals surface area contributed by atoms with E-state index in [0.717, 1.165) is 15.6 Å². The second kappa shape index (κ2) is 12.1. The van der Waals surface area contributed by atoms with Crippen LogP contribution in [0.15, 0.2) is 69.1 Å². The Kier molecular flexibility index (Phi) is 9.17. The zero-order chi connectivity index (χ0) is 24.7. The van der Waals surface area contributed by atoms with Crippen molar-refractivity contribution in [2.75, 3.05) is 11.9 Å².